The molecule has 0 saturated heterocycles. The van der Waals surface area contributed by atoms with Crippen LogP contribution in [0.1, 0.15) is 150 Å². The Morgan fingerprint density at radius 3 is 1.83 bits per heavy atom. The highest BCUT2D eigenvalue weighted by atomic mass is 16.3. The Morgan fingerprint density at radius 1 is 0.743 bits per heavy atom. The van der Waals surface area contributed by atoms with E-state index in [4.69, 9.17) is 0 Å². The number of aliphatic hydroxyl groups is 1. The van der Waals surface area contributed by atoms with Crippen molar-refractivity contribution in [2.45, 2.75) is 117 Å². The van der Waals surface area contributed by atoms with E-state index in [0.29, 0.717) is 23.3 Å². The summed E-state index contributed by atoms with van der Waals surface area (Å²) >= 11 is 0. The molecule has 2 heteroatoms. The molecule has 192 valence electrons. The van der Waals surface area contributed by atoms with Crippen LogP contribution < -0.4 is 0 Å². The minimum atomic E-state index is -0.293. The Morgan fingerprint density at radius 2 is 1.29 bits per heavy atom. The standard InChI is InChI=1S/C33H48O2/c1-7-14-24(10-4)27-17-13-18-29(21-27)33(35)32(34)23-30-22-28(25(11-5)15-8-2)19-20-31(30)26(12-6)16-9-3/h13,17-26,34H,7-12,14-16H2,1-6H3. The van der Waals surface area contributed by atoms with Gasteiger partial charge in [-0.1, -0.05) is 97.2 Å². The number of hydrogen-bond acceptors (Lipinski definition) is 2. The number of Topliss-reactive ketones (excluding diaryl/α,β-unsaturated/α-hetero) is 1. The number of rotatable bonds is 15. The van der Waals surface area contributed by atoms with Gasteiger partial charge in [0, 0.05) is 5.56 Å². The first-order valence-corrected chi connectivity index (χ1v) is 14.1. The van der Waals surface area contributed by atoms with Crippen molar-refractivity contribution in [3.8, 4) is 0 Å². The van der Waals surface area contributed by atoms with Crippen molar-refractivity contribution in [1.29, 1.82) is 0 Å². The molecule has 0 spiro atoms. The lowest BCUT2D eigenvalue weighted by molar-refractivity contribution is 0.0980. The molecule has 1 N–H and O–H groups in total. The molecule has 0 saturated carbocycles. The number of benzene rings is 2. The van der Waals surface area contributed by atoms with Crippen LogP contribution in [0, 0.1) is 0 Å². The lowest BCUT2D eigenvalue weighted by atomic mass is 9.84. The van der Waals surface area contributed by atoms with Gasteiger partial charge in [-0.2, -0.15) is 0 Å². The van der Waals surface area contributed by atoms with E-state index in [9.17, 15) is 9.90 Å². The maximum Gasteiger partial charge on any atom is 0.227 e. The molecule has 0 amide bonds. The molecule has 2 rings (SSSR count). The van der Waals surface area contributed by atoms with Crippen LogP contribution in [0.3, 0.4) is 0 Å². The van der Waals surface area contributed by atoms with E-state index in [1.54, 1.807) is 6.08 Å². The molecule has 0 heterocycles. The van der Waals surface area contributed by atoms with Crippen molar-refractivity contribution in [2.75, 3.05) is 0 Å². The minimum absolute atomic E-state index is 0.168. The lowest BCUT2D eigenvalue weighted by Gasteiger charge is -2.21. The van der Waals surface area contributed by atoms with E-state index >= 15 is 0 Å². The summed E-state index contributed by atoms with van der Waals surface area (Å²) in [5, 5.41) is 11.0. The number of carbonyl (C=O) groups is 1. The summed E-state index contributed by atoms with van der Waals surface area (Å²) in [5.74, 6) is 0.924. The Hall–Kier alpha value is -2.35. The van der Waals surface area contributed by atoms with Crippen LogP contribution in [-0.4, -0.2) is 10.9 Å². The first-order chi connectivity index (χ1) is 16.9. The van der Waals surface area contributed by atoms with E-state index in [2.05, 4.69) is 65.8 Å². The van der Waals surface area contributed by atoms with Crippen LogP contribution in [-0.2, 0) is 0 Å². The summed E-state index contributed by atoms with van der Waals surface area (Å²) < 4.78 is 0. The Bertz CT molecular complexity index is 955. The number of carbonyl (C=O) groups excluding carboxylic acids is 1. The zero-order valence-electron chi connectivity index (χ0n) is 23.1. The number of aliphatic hydroxyl groups excluding tert-OH is 1. The fourth-order valence-electron chi connectivity index (χ4n) is 5.48. The largest absolute Gasteiger partial charge is 0.504 e. The molecule has 0 aliphatic heterocycles. The van der Waals surface area contributed by atoms with Crippen LogP contribution in [0.25, 0.3) is 6.08 Å². The highest BCUT2D eigenvalue weighted by Gasteiger charge is 2.19. The van der Waals surface area contributed by atoms with E-state index in [1.807, 2.05) is 18.2 Å². The number of ketones is 1. The molecule has 35 heavy (non-hydrogen) atoms. The third-order valence-electron chi connectivity index (χ3n) is 7.56. The summed E-state index contributed by atoms with van der Waals surface area (Å²) in [7, 11) is 0. The van der Waals surface area contributed by atoms with Gasteiger partial charge in [0.15, 0.2) is 5.76 Å². The van der Waals surface area contributed by atoms with Gasteiger partial charge in [0.2, 0.25) is 5.78 Å². The van der Waals surface area contributed by atoms with Crippen LogP contribution in [0.2, 0.25) is 0 Å². The molecule has 0 fully saturated rings. The number of hydrogen-bond donors (Lipinski definition) is 1. The van der Waals surface area contributed by atoms with Gasteiger partial charge in [-0.05, 0) is 90.7 Å². The summed E-state index contributed by atoms with van der Waals surface area (Å²) in [5.41, 5.74) is 5.31. The van der Waals surface area contributed by atoms with Crippen LogP contribution in [0.5, 0.6) is 0 Å². The van der Waals surface area contributed by atoms with Crippen molar-refractivity contribution in [3.05, 3.63) is 76.0 Å². The third-order valence-corrected chi connectivity index (χ3v) is 7.56. The Kier molecular flexibility index (Phi) is 12.3. The third kappa shape index (κ3) is 7.82. The van der Waals surface area contributed by atoms with E-state index < -0.39 is 0 Å². The molecule has 3 unspecified atom stereocenters. The van der Waals surface area contributed by atoms with Crippen molar-refractivity contribution >= 4 is 11.9 Å². The predicted molar refractivity (Wildman–Crippen MR) is 152 cm³/mol. The van der Waals surface area contributed by atoms with Crippen molar-refractivity contribution in [2.24, 2.45) is 0 Å². The molecule has 0 aliphatic carbocycles. The Balaban J connectivity index is 2.49. The smallest absolute Gasteiger partial charge is 0.227 e. The summed E-state index contributed by atoms with van der Waals surface area (Å²) in [6.45, 7) is 13.3. The van der Waals surface area contributed by atoms with Crippen molar-refractivity contribution in [1.82, 2.24) is 0 Å². The topological polar surface area (TPSA) is 37.3 Å². The summed E-state index contributed by atoms with van der Waals surface area (Å²) in [6, 6.07) is 14.6. The quantitative estimate of drug-likeness (QED) is 0.158. The fraction of sp³-hybridized carbons (Fsp3) is 0.545. The van der Waals surface area contributed by atoms with Crippen LogP contribution in [0.4, 0.5) is 0 Å². The second kappa shape index (κ2) is 14.9. The van der Waals surface area contributed by atoms with Crippen LogP contribution in [0.15, 0.2) is 48.2 Å². The molecule has 0 aromatic heterocycles. The van der Waals surface area contributed by atoms with Crippen molar-refractivity contribution in [3.63, 3.8) is 0 Å². The fourth-order valence-corrected chi connectivity index (χ4v) is 5.48. The lowest BCUT2D eigenvalue weighted by Crippen LogP contribution is -2.07. The summed E-state index contributed by atoms with van der Waals surface area (Å²) in [6.07, 6.45) is 11.7. The van der Waals surface area contributed by atoms with E-state index in [0.717, 1.165) is 63.4 Å². The highest BCUT2D eigenvalue weighted by molar-refractivity contribution is 6.09. The van der Waals surface area contributed by atoms with Crippen LogP contribution >= 0.6 is 0 Å². The number of allylic oxidation sites excluding steroid dienone is 1. The van der Waals surface area contributed by atoms with Gasteiger partial charge in [-0.15, -0.1) is 0 Å². The first-order valence-electron chi connectivity index (χ1n) is 14.1. The summed E-state index contributed by atoms with van der Waals surface area (Å²) in [4.78, 5) is 13.3. The normalized spacial score (nSPS) is 14.5. The average molecular weight is 477 g/mol. The van der Waals surface area contributed by atoms with Crippen molar-refractivity contribution < 1.29 is 9.90 Å². The molecule has 0 bridgehead atoms. The van der Waals surface area contributed by atoms with E-state index in [1.165, 1.54) is 16.7 Å². The maximum absolute atomic E-state index is 13.3. The van der Waals surface area contributed by atoms with Gasteiger partial charge < -0.3 is 5.11 Å². The van der Waals surface area contributed by atoms with Gasteiger partial charge in [0.05, 0.1) is 0 Å². The second-order valence-corrected chi connectivity index (χ2v) is 10.1. The molecule has 0 radical (unpaired) electrons. The first kappa shape index (κ1) is 28.9. The zero-order chi connectivity index (χ0) is 25.8. The van der Waals surface area contributed by atoms with Gasteiger partial charge in [0.1, 0.15) is 0 Å². The molecular formula is C33H48O2. The average Bonchev–Trinajstić information content (AvgIpc) is 2.88. The SMILES string of the molecule is CCCC(CC)c1cccc(C(=O)C(O)=Cc2cc(C(CC)CCC)ccc2C(CC)CCC)c1. The van der Waals surface area contributed by atoms with Gasteiger partial charge in [-0.25, -0.2) is 0 Å². The molecule has 3 atom stereocenters. The molecular weight excluding hydrogens is 428 g/mol. The molecule has 2 aromatic carbocycles. The second-order valence-electron chi connectivity index (χ2n) is 10.1. The minimum Gasteiger partial charge on any atom is -0.504 e. The predicted octanol–water partition coefficient (Wildman–Crippen LogP) is 10.3. The van der Waals surface area contributed by atoms with E-state index in [-0.39, 0.29) is 11.5 Å². The Labute approximate surface area is 214 Å². The molecule has 2 aromatic rings. The van der Waals surface area contributed by atoms with Gasteiger partial charge >= 0.3 is 0 Å². The highest BCUT2D eigenvalue weighted by Crippen LogP contribution is 2.34. The molecule has 0 aliphatic rings. The maximum atomic E-state index is 13.3. The van der Waals surface area contributed by atoms with Gasteiger partial charge in [0.25, 0.3) is 0 Å². The molecule has 2 nitrogen and oxygen atoms in total. The van der Waals surface area contributed by atoms with Gasteiger partial charge in [-0.3, -0.25) is 4.79 Å². The zero-order valence-corrected chi connectivity index (χ0v) is 23.1. The monoisotopic (exact) mass is 476 g/mol.